The number of carbonyl (C=O) groups excluding carboxylic acids is 1. The Morgan fingerprint density at radius 3 is 2.66 bits per heavy atom. The number of fused-ring (bicyclic) bond motifs is 1. The van der Waals surface area contributed by atoms with Crippen molar-refractivity contribution >= 4 is 39.9 Å². The number of hydrogen-bond donors (Lipinski definition) is 1. The van der Waals surface area contributed by atoms with Crippen LogP contribution in [-0.2, 0) is 11.2 Å². The highest BCUT2D eigenvalue weighted by atomic mass is 32.1. The standard InChI is InChI=1S/C24H20FN5O4S/c1-12-3-4-15(27-13(12)2)7-19(31)14-9-29(10-14)22-18(25)8-16-20(32)17(23(33)34)11-30(21(16)28-22)24-26-5-6-35-24/h3-6,8,11,14H,7,9-10H2,1-2H3,(H,33,34). The Hall–Kier alpha value is -3.99. The smallest absolute Gasteiger partial charge is 0.341 e. The number of carboxylic acids is 1. The maximum Gasteiger partial charge on any atom is 0.341 e. The van der Waals surface area contributed by atoms with Gasteiger partial charge in [0.2, 0.25) is 5.43 Å². The second-order valence-corrected chi connectivity index (χ2v) is 9.35. The quantitative estimate of drug-likeness (QED) is 0.436. The Bertz CT molecular complexity index is 1540. The molecule has 0 bridgehead atoms. The summed E-state index contributed by atoms with van der Waals surface area (Å²) in [5, 5.41) is 11.4. The molecule has 1 saturated heterocycles. The van der Waals surface area contributed by atoms with Crippen LogP contribution in [-0.4, -0.2) is 49.5 Å². The van der Waals surface area contributed by atoms with Crippen molar-refractivity contribution in [3.05, 3.63) is 74.5 Å². The molecule has 0 atom stereocenters. The molecule has 0 saturated carbocycles. The van der Waals surface area contributed by atoms with E-state index in [1.54, 1.807) is 10.3 Å². The summed E-state index contributed by atoms with van der Waals surface area (Å²) in [5.74, 6) is -2.45. The molecule has 0 radical (unpaired) electrons. The third-order valence-corrected chi connectivity index (χ3v) is 6.94. The fourth-order valence-corrected chi connectivity index (χ4v) is 4.65. The number of aryl methyl sites for hydroxylation is 2. The van der Waals surface area contributed by atoms with Gasteiger partial charge in [0.25, 0.3) is 0 Å². The molecule has 4 aromatic heterocycles. The van der Waals surface area contributed by atoms with Gasteiger partial charge in [-0.25, -0.2) is 19.2 Å². The molecule has 4 aromatic rings. The number of hydrogen-bond acceptors (Lipinski definition) is 8. The van der Waals surface area contributed by atoms with Crippen LogP contribution < -0.4 is 10.3 Å². The van der Waals surface area contributed by atoms with E-state index in [1.165, 1.54) is 22.1 Å². The lowest BCUT2D eigenvalue weighted by Crippen LogP contribution is -2.51. The van der Waals surface area contributed by atoms with Crippen LogP contribution in [0.5, 0.6) is 0 Å². The second kappa shape index (κ2) is 8.66. The first-order valence-electron chi connectivity index (χ1n) is 10.8. The lowest BCUT2D eigenvalue weighted by Gasteiger charge is -2.39. The van der Waals surface area contributed by atoms with Crippen LogP contribution in [0.25, 0.3) is 16.2 Å². The number of thiazole rings is 1. The summed E-state index contributed by atoms with van der Waals surface area (Å²) in [5.41, 5.74) is 1.41. The zero-order chi connectivity index (χ0) is 24.9. The minimum atomic E-state index is -1.42. The number of Topliss-reactive ketones (excluding diaryl/α,β-unsaturated/α-hetero) is 1. The van der Waals surface area contributed by atoms with Crippen LogP contribution in [0.1, 0.15) is 27.3 Å². The van der Waals surface area contributed by atoms with Gasteiger partial charge in [0.05, 0.1) is 11.3 Å². The number of aromatic carboxylic acids is 1. The van der Waals surface area contributed by atoms with Crippen LogP contribution in [0.4, 0.5) is 10.2 Å². The SMILES string of the molecule is Cc1ccc(CC(=O)C2CN(c3nc4c(cc3F)c(=O)c(C(=O)O)cn4-c3nccs3)C2)nc1C. The zero-order valence-electron chi connectivity index (χ0n) is 18.9. The van der Waals surface area contributed by atoms with Gasteiger partial charge in [-0.1, -0.05) is 6.07 Å². The number of nitrogens with zero attached hydrogens (tertiary/aromatic N) is 5. The predicted molar refractivity (Wildman–Crippen MR) is 128 cm³/mol. The van der Waals surface area contributed by atoms with E-state index in [2.05, 4.69) is 15.0 Å². The Kier molecular flexibility index (Phi) is 5.64. The van der Waals surface area contributed by atoms with Gasteiger partial charge in [0, 0.05) is 48.7 Å². The van der Waals surface area contributed by atoms with Crippen LogP contribution in [0, 0.1) is 25.6 Å². The summed E-state index contributed by atoms with van der Waals surface area (Å²) in [6, 6.07) is 4.78. The van der Waals surface area contributed by atoms with Gasteiger partial charge >= 0.3 is 5.97 Å². The van der Waals surface area contributed by atoms with E-state index in [0.717, 1.165) is 23.5 Å². The third-order valence-electron chi connectivity index (χ3n) is 6.17. The molecule has 1 aliphatic heterocycles. The molecule has 35 heavy (non-hydrogen) atoms. The van der Waals surface area contributed by atoms with Gasteiger partial charge < -0.3 is 10.0 Å². The lowest BCUT2D eigenvalue weighted by molar-refractivity contribution is -0.123. The molecule has 0 aromatic carbocycles. The van der Waals surface area contributed by atoms with E-state index in [9.17, 15) is 19.5 Å². The Labute approximate surface area is 202 Å². The number of carbonyl (C=O) groups is 2. The summed E-state index contributed by atoms with van der Waals surface area (Å²) in [7, 11) is 0. The molecule has 1 aliphatic rings. The average molecular weight is 494 g/mol. The van der Waals surface area contributed by atoms with Gasteiger partial charge in [0.15, 0.2) is 22.4 Å². The Morgan fingerprint density at radius 1 is 1.23 bits per heavy atom. The largest absolute Gasteiger partial charge is 0.477 e. The van der Waals surface area contributed by atoms with Gasteiger partial charge in [-0.15, -0.1) is 11.3 Å². The van der Waals surface area contributed by atoms with E-state index in [-0.39, 0.29) is 48.1 Å². The molecule has 9 nitrogen and oxygen atoms in total. The summed E-state index contributed by atoms with van der Waals surface area (Å²) in [6.07, 6.45) is 2.89. The zero-order valence-corrected chi connectivity index (χ0v) is 19.7. The molecule has 11 heteroatoms. The Balaban J connectivity index is 1.44. The maximum atomic E-state index is 15.0. The number of anilines is 1. The van der Waals surface area contributed by atoms with Crippen molar-refractivity contribution in [1.82, 2.24) is 19.5 Å². The van der Waals surface area contributed by atoms with Gasteiger partial charge in [-0.3, -0.25) is 19.1 Å². The monoisotopic (exact) mass is 493 g/mol. The highest BCUT2D eigenvalue weighted by Crippen LogP contribution is 2.29. The number of carboxylic acid groups (broad SMARTS) is 1. The molecule has 0 aliphatic carbocycles. The molecular weight excluding hydrogens is 473 g/mol. The van der Waals surface area contributed by atoms with Crippen LogP contribution in [0.15, 0.2) is 40.8 Å². The topological polar surface area (TPSA) is 118 Å². The second-order valence-electron chi connectivity index (χ2n) is 8.48. The van der Waals surface area contributed by atoms with E-state index in [0.29, 0.717) is 10.8 Å². The molecule has 0 spiro atoms. The van der Waals surface area contributed by atoms with Crippen molar-refractivity contribution in [2.75, 3.05) is 18.0 Å². The van der Waals surface area contributed by atoms with Gasteiger partial charge in [-0.05, 0) is 31.5 Å². The average Bonchev–Trinajstić information content (AvgIpc) is 3.31. The normalized spacial score (nSPS) is 13.7. The number of halogens is 1. The van der Waals surface area contributed by atoms with E-state index >= 15 is 4.39 Å². The van der Waals surface area contributed by atoms with Gasteiger partial charge in [0.1, 0.15) is 11.3 Å². The minimum absolute atomic E-state index is 0.00126. The highest BCUT2D eigenvalue weighted by Gasteiger charge is 2.35. The highest BCUT2D eigenvalue weighted by molar-refractivity contribution is 7.12. The molecule has 0 unspecified atom stereocenters. The van der Waals surface area contributed by atoms with Crippen molar-refractivity contribution in [3.8, 4) is 5.13 Å². The molecule has 5 rings (SSSR count). The van der Waals surface area contributed by atoms with Crippen LogP contribution >= 0.6 is 11.3 Å². The van der Waals surface area contributed by atoms with Crippen LogP contribution in [0.2, 0.25) is 0 Å². The minimum Gasteiger partial charge on any atom is -0.477 e. The van der Waals surface area contributed by atoms with Crippen molar-refractivity contribution in [2.45, 2.75) is 20.3 Å². The number of pyridine rings is 3. The van der Waals surface area contributed by atoms with Crippen molar-refractivity contribution in [2.24, 2.45) is 5.92 Å². The first-order chi connectivity index (χ1) is 16.7. The molecule has 1 fully saturated rings. The van der Waals surface area contributed by atoms with Crippen molar-refractivity contribution < 1.29 is 19.1 Å². The van der Waals surface area contributed by atoms with E-state index < -0.39 is 22.8 Å². The lowest BCUT2D eigenvalue weighted by atomic mass is 9.92. The maximum absolute atomic E-state index is 15.0. The third kappa shape index (κ3) is 4.08. The van der Waals surface area contributed by atoms with E-state index in [1.807, 2.05) is 26.0 Å². The van der Waals surface area contributed by atoms with Crippen LogP contribution in [0.3, 0.4) is 0 Å². The number of aromatic nitrogens is 4. The molecule has 1 N–H and O–H groups in total. The fraction of sp³-hybridized carbons (Fsp3) is 0.250. The number of rotatable bonds is 6. The summed E-state index contributed by atoms with van der Waals surface area (Å²) >= 11 is 1.22. The molecule has 0 amide bonds. The summed E-state index contributed by atoms with van der Waals surface area (Å²) in [4.78, 5) is 51.6. The molecular formula is C24H20FN5O4S. The molecule has 178 valence electrons. The first-order valence-corrected chi connectivity index (χ1v) is 11.7. The van der Waals surface area contributed by atoms with Crippen molar-refractivity contribution in [3.63, 3.8) is 0 Å². The first kappa shape index (κ1) is 22.8. The summed E-state index contributed by atoms with van der Waals surface area (Å²) < 4.78 is 16.4. The molecule has 5 heterocycles. The van der Waals surface area contributed by atoms with E-state index in [4.69, 9.17) is 0 Å². The van der Waals surface area contributed by atoms with Crippen molar-refractivity contribution in [1.29, 1.82) is 0 Å². The Morgan fingerprint density at radius 2 is 2.00 bits per heavy atom. The predicted octanol–water partition coefficient (Wildman–Crippen LogP) is 2.94. The number of ketones is 1. The summed E-state index contributed by atoms with van der Waals surface area (Å²) in [6.45, 7) is 4.42. The van der Waals surface area contributed by atoms with Gasteiger partial charge in [-0.2, -0.15) is 0 Å². The fourth-order valence-electron chi connectivity index (χ4n) is 4.03.